The van der Waals surface area contributed by atoms with Gasteiger partial charge in [0, 0.05) is 31.7 Å². The minimum Gasteiger partial charge on any atom is -0.490 e. The summed E-state index contributed by atoms with van der Waals surface area (Å²) in [5.74, 6) is -0.267. The van der Waals surface area contributed by atoms with Crippen LogP contribution in [-0.2, 0) is 6.18 Å². The molecule has 1 saturated heterocycles. The Hall–Kier alpha value is -3.29. The highest BCUT2D eigenvalue weighted by Gasteiger charge is 2.36. The van der Waals surface area contributed by atoms with E-state index in [9.17, 15) is 22.8 Å². The third kappa shape index (κ3) is 4.82. The lowest BCUT2D eigenvalue weighted by Crippen LogP contribution is -2.50. The summed E-state index contributed by atoms with van der Waals surface area (Å²) in [4.78, 5) is 28.2. The van der Waals surface area contributed by atoms with Crippen molar-refractivity contribution in [3.05, 3.63) is 77.9 Å². The van der Waals surface area contributed by atoms with E-state index in [2.05, 4.69) is 6.58 Å². The molecule has 3 rings (SSSR count). The molecule has 0 atom stereocenters. The number of carbonyl (C=O) groups is 2. The molecule has 0 aromatic heterocycles. The van der Waals surface area contributed by atoms with Crippen molar-refractivity contribution in [1.82, 2.24) is 9.80 Å². The molecule has 0 spiro atoms. The Kier molecular flexibility index (Phi) is 6.44. The van der Waals surface area contributed by atoms with Crippen molar-refractivity contribution in [2.75, 3.05) is 32.8 Å². The lowest BCUT2D eigenvalue weighted by atomic mass is 10.1. The van der Waals surface area contributed by atoms with Crippen LogP contribution in [0.3, 0.4) is 0 Å². The SMILES string of the molecule is C=CCOc1ccc(C(=O)N2CCN(C(=O)c3ccccc3C(F)(F)F)CC2)cc1. The number of hydrogen-bond donors (Lipinski definition) is 0. The quantitative estimate of drug-likeness (QED) is 0.693. The van der Waals surface area contributed by atoms with Gasteiger partial charge in [-0.3, -0.25) is 9.59 Å². The van der Waals surface area contributed by atoms with E-state index in [1.165, 1.54) is 23.1 Å². The maximum absolute atomic E-state index is 13.2. The first kappa shape index (κ1) is 21.4. The van der Waals surface area contributed by atoms with Gasteiger partial charge in [0.15, 0.2) is 0 Å². The molecule has 1 fully saturated rings. The van der Waals surface area contributed by atoms with Crippen LogP contribution in [0.5, 0.6) is 5.75 Å². The Morgan fingerprint density at radius 1 is 0.933 bits per heavy atom. The Bertz CT molecular complexity index is 918. The number of ether oxygens (including phenoxy) is 1. The second kappa shape index (κ2) is 9.02. The van der Waals surface area contributed by atoms with Crippen molar-refractivity contribution in [2.45, 2.75) is 6.18 Å². The third-order valence-electron chi connectivity index (χ3n) is 4.79. The first-order chi connectivity index (χ1) is 14.3. The second-order valence-electron chi connectivity index (χ2n) is 6.75. The zero-order chi connectivity index (χ0) is 21.7. The van der Waals surface area contributed by atoms with Crippen LogP contribution in [0.4, 0.5) is 13.2 Å². The number of amides is 2. The van der Waals surface area contributed by atoms with Crippen molar-refractivity contribution >= 4 is 11.8 Å². The van der Waals surface area contributed by atoms with Crippen molar-refractivity contribution in [3.63, 3.8) is 0 Å². The predicted octanol–water partition coefficient (Wildman–Crippen LogP) is 3.87. The Labute approximate surface area is 172 Å². The maximum atomic E-state index is 13.2. The fourth-order valence-electron chi connectivity index (χ4n) is 3.23. The number of carbonyl (C=O) groups excluding carboxylic acids is 2. The van der Waals surface area contributed by atoms with Gasteiger partial charge in [0.25, 0.3) is 11.8 Å². The highest BCUT2D eigenvalue weighted by Crippen LogP contribution is 2.32. The van der Waals surface area contributed by atoms with Gasteiger partial charge >= 0.3 is 6.18 Å². The van der Waals surface area contributed by atoms with Crippen LogP contribution in [0.2, 0.25) is 0 Å². The van der Waals surface area contributed by atoms with Gasteiger partial charge in [-0.25, -0.2) is 0 Å². The largest absolute Gasteiger partial charge is 0.490 e. The van der Waals surface area contributed by atoms with Crippen molar-refractivity contribution in [1.29, 1.82) is 0 Å². The molecule has 0 saturated carbocycles. The summed E-state index contributed by atoms with van der Waals surface area (Å²) in [5, 5.41) is 0. The lowest BCUT2D eigenvalue weighted by molar-refractivity contribution is -0.138. The normalized spacial score (nSPS) is 14.4. The second-order valence-corrected chi connectivity index (χ2v) is 6.75. The van der Waals surface area contributed by atoms with E-state index in [1.807, 2.05) is 0 Å². The lowest BCUT2D eigenvalue weighted by Gasteiger charge is -2.35. The number of benzene rings is 2. The summed E-state index contributed by atoms with van der Waals surface area (Å²) in [6.45, 7) is 4.74. The molecule has 0 radical (unpaired) electrons. The van der Waals surface area contributed by atoms with Gasteiger partial charge in [-0.15, -0.1) is 0 Å². The smallest absolute Gasteiger partial charge is 0.417 e. The summed E-state index contributed by atoms with van der Waals surface area (Å²) in [5.41, 5.74) is -0.852. The van der Waals surface area contributed by atoms with E-state index in [1.54, 1.807) is 35.2 Å². The molecule has 0 aliphatic carbocycles. The van der Waals surface area contributed by atoms with Crippen LogP contribution >= 0.6 is 0 Å². The molecule has 0 bridgehead atoms. The zero-order valence-corrected chi connectivity index (χ0v) is 16.2. The fraction of sp³-hybridized carbons (Fsp3) is 0.273. The van der Waals surface area contributed by atoms with Crippen LogP contribution in [0.1, 0.15) is 26.3 Å². The minimum atomic E-state index is -4.61. The van der Waals surface area contributed by atoms with Gasteiger partial charge in [0.05, 0.1) is 11.1 Å². The molecule has 1 aliphatic rings. The maximum Gasteiger partial charge on any atom is 0.417 e. The summed E-state index contributed by atoms with van der Waals surface area (Å²) in [6, 6.07) is 11.4. The van der Waals surface area contributed by atoms with E-state index < -0.39 is 17.6 Å². The Balaban J connectivity index is 1.63. The molecule has 0 unspecified atom stereocenters. The monoisotopic (exact) mass is 418 g/mol. The standard InChI is InChI=1S/C22H21F3N2O3/c1-2-15-30-17-9-7-16(8-10-17)20(28)26-11-13-27(14-12-26)21(29)18-5-3-4-6-19(18)22(23,24)25/h2-10H,1,11-15H2. The Morgan fingerprint density at radius 3 is 2.07 bits per heavy atom. The number of hydrogen-bond acceptors (Lipinski definition) is 3. The van der Waals surface area contributed by atoms with Crippen molar-refractivity contribution in [2.24, 2.45) is 0 Å². The molecule has 2 aromatic carbocycles. The van der Waals surface area contributed by atoms with E-state index in [0.29, 0.717) is 17.9 Å². The summed E-state index contributed by atoms with van der Waals surface area (Å²) in [7, 11) is 0. The molecular weight excluding hydrogens is 397 g/mol. The van der Waals surface area contributed by atoms with E-state index in [0.717, 1.165) is 6.07 Å². The fourth-order valence-corrected chi connectivity index (χ4v) is 3.23. The van der Waals surface area contributed by atoms with E-state index >= 15 is 0 Å². The molecule has 8 heteroatoms. The molecule has 5 nitrogen and oxygen atoms in total. The molecule has 0 N–H and O–H groups in total. The molecular formula is C22H21F3N2O3. The van der Waals surface area contributed by atoms with Gasteiger partial charge in [-0.2, -0.15) is 13.2 Å². The van der Waals surface area contributed by atoms with E-state index in [4.69, 9.17) is 4.74 Å². The number of piperazine rings is 1. The summed E-state index contributed by atoms with van der Waals surface area (Å²) < 4.78 is 45.0. The Morgan fingerprint density at radius 2 is 1.50 bits per heavy atom. The molecule has 1 aliphatic heterocycles. The average Bonchev–Trinajstić information content (AvgIpc) is 2.76. The van der Waals surface area contributed by atoms with Gasteiger partial charge in [0.2, 0.25) is 0 Å². The predicted molar refractivity (Wildman–Crippen MR) is 105 cm³/mol. The molecule has 158 valence electrons. The number of halogens is 3. The molecule has 2 amide bonds. The van der Waals surface area contributed by atoms with Crippen LogP contribution < -0.4 is 4.74 Å². The van der Waals surface area contributed by atoms with E-state index in [-0.39, 0.29) is 37.6 Å². The average molecular weight is 418 g/mol. The van der Waals surface area contributed by atoms with Gasteiger partial charge in [-0.1, -0.05) is 24.8 Å². The summed E-state index contributed by atoms with van der Waals surface area (Å²) >= 11 is 0. The molecule has 1 heterocycles. The van der Waals surface area contributed by atoms with Crippen LogP contribution in [0, 0.1) is 0 Å². The third-order valence-corrected chi connectivity index (χ3v) is 4.79. The number of alkyl halides is 3. The highest BCUT2D eigenvalue weighted by atomic mass is 19.4. The van der Waals surface area contributed by atoms with Crippen LogP contribution in [0.25, 0.3) is 0 Å². The van der Waals surface area contributed by atoms with Gasteiger partial charge in [-0.05, 0) is 36.4 Å². The minimum absolute atomic E-state index is 0.164. The van der Waals surface area contributed by atoms with Gasteiger partial charge in [0.1, 0.15) is 12.4 Å². The first-order valence-electron chi connectivity index (χ1n) is 9.40. The zero-order valence-electron chi connectivity index (χ0n) is 16.2. The summed E-state index contributed by atoms with van der Waals surface area (Å²) in [6.07, 6.45) is -2.99. The van der Waals surface area contributed by atoms with Gasteiger partial charge < -0.3 is 14.5 Å². The molecule has 30 heavy (non-hydrogen) atoms. The first-order valence-corrected chi connectivity index (χ1v) is 9.40. The molecule has 2 aromatic rings. The van der Waals surface area contributed by atoms with Crippen molar-refractivity contribution in [3.8, 4) is 5.75 Å². The van der Waals surface area contributed by atoms with Crippen LogP contribution in [-0.4, -0.2) is 54.4 Å². The number of nitrogens with zero attached hydrogens (tertiary/aromatic N) is 2. The topological polar surface area (TPSA) is 49.9 Å². The highest BCUT2D eigenvalue weighted by molar-refractivity contribution is 5.97. The number of rotatable bonds is 5. The van der Waals surface area contributed by atoms with Crippen LogP contribution in [0.15, 0.2) is 61.2 Å². The van der Waals surface area contributed by atoms with Crippen molar-refractivity contribution < 1.29 is 27.5 Å².